The molecular formula is C2H9Si3. The van der Waals surface area contributed by atoms with E-state index >= 15 is 0 Å². The van der Waals surface area contributed by atoms with E-state index in [4.69, 9.17) is 0 Å². The molecule has 0 aliphatic rings. The van der Waals surface area contributed by atoms with Crippen LogP contribution in [0.1, 0.15) is 0 Å². The Morgan fingerprint density at radius 3 is 1.40 bits per heavy atom. The first-order chi connectivity index (χ1) is 2.41. The molecule has 3 radical (unpaired) electrons. The fraction of sp³-hybridized carbons (Fsp3) is 1.00. The van der Waals surface area contributed by atoms with Crippen molar-refractivity contribution in [2.75, 3.05) is 0 Å². The van der Waals surface area contributed by atoms with Crippen molar-refractivity contribution in [2.24, 2.45) is 0 Å². The third-order valence-electron chi connectivity index (χ3n) is 0.385. The highest BCUT2D eigenvalue weighted by Gasteiger charge is 1.73. The molecule has 0 saturated heterocycles. The third-order valence-corrected chi connectivity index (χ3v) is 10.4. The van der Waals surface area contributed by atoms with Crippen molar-refractivity contribution < 1.29 is 0 Å². The van der Waals surface area contributed by atoms with Gasteiger partial charge in [0.2, 0.25) is 0 Å². The van der Waals surface area contributed by atoms with E-state index in [-0.39, 0.29) is 0 Å². The van der Waals surface area contributed by atoms with Crippen LogP contribution in [0.25, 0.3) is 0 Å². The van der Waals surface area contributed by atoms with E-state index in [0.29, 0.717) is 0 Å². The van der Waals surface area contributed by atoms with Crippen LogP contribution in [0.5, 0.6) is 0 Å². The summed E-state index contributed by atoms with van der Waals surface area (Å²) in [7, 11) is 2.79. The van der Waals surface area contributed by atoms with Crippen molar-refractivity contribution in [3.05, 3.63) is 0 Å². The summed E-state index contributed by atoms with van der Waals surface area (Å²) in [4.78, 5) is 0. The maximum atomic E-state index is 2.35. The van der Waals surface area contributed by atoms with Gasteiger partial charge in [0.1, 0.15) is 0 Å². The number of rotatable bonds is 2. The minimum absolute atomic E-state index is 0.906. The quantitative estimate of drug-likeness (QED) is 0.416. The van der Waals surface area contributed by atoms with Gasteiger partial charge in [0.25, 0.3) is 0 Å². The van der Waals surface area contributed by atoms with Gasteiger partial charge in [-0.3, -0.25) is 0 Å². The van der Waals surface area contributed by atoms with Crippen LogP contribution >= 0.6 is 0 Å². The molecule has 0 amide bonds. The van der Waals surface area contributed by atoms with Gasteiger partial charge < -0.3 is 0 Å². The zero-order valence-electron chi connectivity index (χ0n) is 3.73. The molecule has 0 aromatic rings. The molecule has 0 aromatic heterocycles. The average Bonchev–Trinajstić information content (AvgIpc) is 1.41. The molecule has 5 heavy (non-hydrogen) atoms. The van der Waals surface area contributed by atoms with Crippen LogP contribution in [0.15, 0.2) is 0 Å². The first kappa shape index (κ1) is 5.65. The monoisotopic (exact) mass is 117 g/mol. The Labute approximate surface area is 40.4 Å². The van der Waals surface area contributed by atoms with Crippen molar-refractivity contribution >= 4 is 26.6 Å². The molecule has 0 unspecified atom stereocenters. The highest BCUT2D eigenvalue weighted by atomic mass is 29.5. The normalized spacial score (nSPS) is 8.40. The van der Waals surface area contributed by atoms with Gasteiger partial charge in [0, 0.05) is 26.6 Å². The summed E-state index contributed by atoms with van der Waals surface area (Å²) in [5.74, 6) is 0. The smallest absolute Gasteiger partial charge is 0.00760 e. The fourth-order valence-corrected chi connectivity index (χ4v) is 5.20. The van der Waals surface area contributed by atoms with Gasteiger partial charge in [0.15, 0.2) is 0 Å². The van der Waals surface area contributed by atoms with Crippen LogP contribution < -0.4 is 0 Å². The zero-order chi connectivity index (χ0) is 4.12. The Kier molecular flexibility index (Phi) is 5.26. The van der Waals surface area contributed by atoms with Crippen LogP contribution in [-0.2, 0) is 0 Å². The van der Waals surface area contributed by atoms with Gasteiger partial charge in [-0.2, -0.15) is 0 Å². The number of hydrogen-bond acceptors (Lipinski definition) is 0. The van der Waals surface area contributed by atoms with Crippen LogP contribution in [0.4, 0.5) is 0 Å². The molecule has 0 bridgehead atoms. The Bertz CT molecular complexity index is 12.4. The lowest BCUT2D eigenvalue weighted by molar-refractivity contribution is 2.34. The lowest BCUT2D eigenvalue weighted by Crippen LogP contribution is -2.03. The summed E-state index contributed by atoms with van der Waals surface area (Å²) in [6.07, 6.45) is 0. The molecule has 0 spiro atoms. The lowest BCUT2D eigenvalue weighted by Gasteiger charge is -1.74. The number of hydrogen-bond donors (Lipinski definition) is 0. The fourth-order valence-electron chi connectivity index (χ4n) is 0.192. The van der Waals surface area contributed by atoms with Crippen molar-refractivity contribution in [3.63, 3.8) is 0 Å². The Morgan fingerprint density at radius 2 is 1.40 bits per heavy atom. The summed E-state index contributed by atoms with van der Waals surface area (Å²) in [6.45, 7) is 4.71. The van der Waals surface area contributed by atoms with E-state index in [2.05, 4.69) is 13.1 Å². The lowest BCUT2D eigenvalue weighted by atomic mass is 11.9. The maximum Gasteiger partial charge on any atom is 0.00760 e. The molecule has 0 atom stereocenters. The second-order valence-electron chi connectivity index (χ2n) is 0.859. The van der Waals surface area contributed by atoms with Crippen LogP contribution in [0, 0.1) is 0 Å². The molecule has 0 aliphatic carbocycles. The molecule has 0 N–H and O–H groups in total. The first-order valence-electron chi connectivity index (χ1n) is 1.82. The average molecular weight is 117 g/mol. The van der Waals surface area contributed by atoms with Gasteiger partial charge in [-0.05, 0) is 0 Å². The van der Waals surface area contributed by atoms with Crippen molar-refractivity contribution in [1.29, 1.82) is 0 Å². The van der Waals surface area contributed by atoms with Gasteiger partial charge in [-0.25, -0.2) is 0 Å². The van der Waals surface area contributed by atoms with Gasteiger partial charge in [-0.1, -0.05) is 13.1 Å². The van der Waals surface area contributed by atoms with E-state index in [1.807, 2.05) is 0 Å². The molecule has 0 aromatic carbocycles. The second-order valence-corrected chi connectivity index (χ2v) is 11.2. The highest BCUT2D eigenvalue weighted by Crippen LogP contribution is 1.48. The van der Waals surface area contributed by atoms with Gasteiger partial charge in [-0.15, -0.1) is 0 Å². The summed E-state index contributed by atoms with van der Waals surface area (Å²) >= 11 is 0. The highest BCUT2D eigenvalue weighted by molar-refractivity contribution is 7.28. The third kappa shape index (κ3) is 4.65. The van der Waals surface area contributed by atoms with E-state index in [1.165, 1.54) is 0 Å². The van der Waals surface area contributed by atoms with E-state index in [9.17, 15) is 0 Å². The van der Waals surface area contributed by atoms with Crippen molar-refractivity contribution in [1.82, 2.24) is 0 Å². The Hall–Kier alpha value is 0.651. The Morgan fingerprint density at radius 1 is 1.00 bits per heavy atom. The van der Waals surface area contributed by atoms with E-state index in [0.717, 1.165) is 26.6 Å². The summed E-state index contributed by atoms with van der Waals surface area (Å²) in [5, 5.41) is 0. The Balaban J connectivity index is 2.19. The van der Waals surface area contributed by atoms with Crippen LogP contribution in [-0.4, -0.2) is 26.6 Å². The van der Waals surface area contributed by atoms with Crippen molar-refractivity contribution in [3.8, 4) is 0 Å². The predicted octanol–water partition coefficient (Wildman–Crippen LogP) is -0.778. The van der Waals surface area contributed by atoms with Crippen LogP contribution in [0.2, 0.25) is 13.1 Å². The predicted molar refractivity (Wildman–Crippen MR) is 33.2 cm³/mol. The summed E-state index contributed by atoms with van der Waals surface area (Å²) in [5.41, 5.74) is 0. The molecule has 0 heterocycles. The zero-order valence-corrected chi connectivity index (χ0v) is 7.20. The van der Waals surface area contributed by atoms with Crippen LogP contribution in [0.3, 0.4) is 0 Å². The SMILES string of the molecule is C[SiH][SiH][SiH]C. The minimum Gasteiger partial charge on any atom is -0.0767 e. The molecule has 0 aliphatic heterocycles. The first-order valence-corrected chi connectivity index (χ1v) is 9.46. The van der Waals surface area contributed by atoms with Gasteiger partial charge >= 0.3 is 0 Å². The molecule has 0 rings (SSSR count). The molecule has 3 heteroatoms. The van der Waals surface area contributed by atoms with Crippen molar-refractivity contribution in [2.45, 2.75) is 13.1 Å². The summed E-state index contributed by atoms with van der Waals surface area (Å²) in [6, 6.07) is 0. The van der Waals surface area contributed by atoms with Gasteiger partial charge in [0.05, 0.1) is 0 Å². The van der Waals surface area contributed by atoms with E-state index < -0.39 is 0 Å². The topological polar surface area (TPSA) is 0 Å². The summed E-state index contributed by atoms with van der Waals surface area (Å²) < 4.78 is 0. The molecular weight excluding hydrogens is 108 g/mol. The molecule has 0 nitrogen and oxygen atoms in total. The molecule has 0 fully saturated rings. The maximum absolute atomic E-state index is 2.35. The van der Waals surface area contributed by atoms with E-state index in [1.54, 1.807) is 0 Å². The second kappa shape index (κ2) is 4.65. The molecule has 29 valence electrons. The minimum atomic E-state index is 0.906. The standard InChI is InChI=1S/C2H9Si3/c1-3-5-4-2/h3-5H,1-2H3. The largest absolute Gasteiger partial charge is 0.0767 e. The molecule has 0 saturated carbocycles.